The summed E-state index contributed by atoms with van der Waals surface area (Å²) in [5, 5.41) is 8.15. The zero-order chi connectivity index (χ0) is 9.80. The quantitative estimate of drug-likeness (QED) is 0.794. The lowest BCUT2D eigenvalue weighted by molar-refractivity contribution is 0.415. The lowest BCUT2D eigenvalue weighted by Gasteiger charge is -1.90. The Bertz CT molecular complexity index is 386. The highest BCUT2D eigenvalue weighted by atomic mass is 32.2. The second-order valence-corrected chi connectivity index (χ2v) is 4.32. The topological polar surface area (TPSA) is 77.8 Å². The van der Waals surface area contributed by atoms with Crippen molar-refractivity contribution >= 4 is 23.1 Å². The van der Waals surface area contributed by atoms with Crippen LogP contribution in [-0.2, 0) is 12.3 Å². The summed E-state index contributed by atoms with van der Waals surface area (Å²) in [5.41, 5.74) is 7.14. The van der Waals surface area contributed by atoms with Gasteiger partial charge in [0.25, 0.3) is 5.22 Å². The summed E-state index contributed by atoms with van der Waals surface area (Å²) >= 11 is 3.10. The molecule has 2 aromatic heterocycles. The Kier molecular flexibility index (Phi) is 3.12. The van der Waals surface area contributed by atoms with Gasteiger partial charge >= 0.3 is 0 Å². The van der Waals surface area contributed by atoms with E-state index in [0.717, 1.165) is 5.75 Å². The van der Waals surface area contributed by atoms with Gasteiger partial charge in [-0.1, -0.05) is 11.8 Å². The number of hydrogen-bond donors (Lipinski definition) is 1. The molecule has 5 nitrogen and oxygen atoms in total. The Morgan fingerprint density at radius 3 is 3.07 bits per heavy atom. The molecular weight excluding hydrogens is 220 g/mol. The Labute approximate surface area is 88.7 Å². The van der Waals surface area contributed by atoms with Crippen molar-refractivity contribution in [3.63, 3.8) is 0 Å². The number of hydrogen-bond acceptors (Lipinski definition) is 7. The van der Waals surface area contributed by atoms with Crippen LogP contribution >= 0.6 is 23.1 Å². The molecule has 7 heteroatoms. The minimum atomic E-state index is 0.286. The Balaban J connectivity index is 1.92. The zero-order valence-electron chi connectivity index (χ0n) is 7.21. The third kappa shape index (κ3) is 2.31. The second-order valence-electron chi connectivity index (χ2n) is 2.42. The summed E-state index contributed by atoms with van der Waals surface area (Å²) in [4.78, 5) is 5.16. The standard InChI is InChI=1S/C7H8N4OS2/c8-1-6-10-11-7(12-6)13-3-5-2-9-4-14-5/h2,4H,1,3,8H2. The van der Waals surface area contributed by atoms with E-state index >= 15 is 0 Å². The van der Waals surface area contributed by atoms with E-state index in [4.69, 9.17) is 10.2 Å². The molecule has 2 N–H and O–H groups in total. The molecule has 2 heterocycles. The molecule has 0 spiro atoms. The summed E-state index contributed by atoms with van der Waals surface area (Å²) in [5.74, 6) is 1.27. The van der Waals surface area contributed by atoms with Crippen LogP contribution in [0.2, 0.25) is 0 Å². The summed E-state index contributed by atoms with van der Waals surface area (Å²) in [6.07, 6.45) is 1.83. The van der Waals surface area contributed by atoms with Gasteiger partial charge in [-0.15, -0.1) is 21.5 Å². The van der Waals surface area contributed by atoms with Crippen LogP contribution in [0.25, 0.3) is 0 Å². The van der Waals surface area contributed by atoms with Gasteiger partial charge in [0, 0.05) is 16.8 Å². The van der Waals surface area contributed by atoms with Gasteiger partial charge in [0.15, 0.2) is 0 Å². The maximum absolute atomic E-state index is 5.34. The van der Waals surface area contributed by atoms with Gasteiger partial charge in [0.1, 0.15) is 0 Å². The molecule has 0 radical (unpaired) electrons. The van der Waals surface area contributed by atoms with E-state index in [1.54, 1.807) is 16.8 Å². The number of rotatable bonds is 4. The highest BCUT2D eigenvalue weighted by Crippen LogP contribution is 2.22. The molecule has 0 amide bonds. The maximum Gasteiger partial charge on any atom is 0.276 e. The van der Waals surface area contributed by atoms with E-state index in [-0.39, 0.29) is 6.54 Å². The number of thioether (sulfide) groups is 1. The lowest BCUT2D eigenvalue weighted by Crippen LogP contribution is -1.95. The van der Waals surface area contributed by atoms with Crippen molar-refractivity contribution in [2.45, 2.75) is 17.5 Å². The first kappa shape index (κ1) is 9.63. The minimum Gasteiger partial charge on any atom is -0.415 e. The Hall–Kier alpha value is -0.920. The van der Waals surface area contributed by atoms with Gasteiger partial charge in [0.05, 0.1) is 12.1 Å². The largest absolute Gasteiger partial charge is 0.415 e. The van der Waals surface area contributed by atoms with Crippen LogP contribution in [-0.4, -0.2) is 15.2 Å². The van der Waals surface area contributed by atoms with E-state index in [1.807, 2.05) is 6.20 Å². The van der Waals surface area contributed by atoms with Crippen molar-refractivity contribution in [2.24, 2.45) is 5.73 Å². The van der Waals surface area contributed by atoms with E-state index in [9.17, 15) is 0 Å². The van der Waals surface area contributed by atoms with Crippen LogP contribution in [0.3, 0.4) is 0 Å². The van der Waals surface area contributed by atoms with Crippen molar-refractivity contribution in [3.05, 3.63) is 22.5 Å². The SMILES string of the molecule is NCc1nnc(SCc2cncs2)o1. The van der Waals surface area contributed by atoms with Crippen LogP contribution < -0.4 is 5.73 Å². The molecule has 0 unspecified atom stereocenters. The summed E-state index contributed by atoms with van der Waals surface area (Å²) in [7, 11) is 0. The molecule has 0 fully saturated rings. The molecule has 0 aliphatic carbocycles. The summed E-state index contributed by atoms with van der Waals surface area (Å²) in [6, 6.07) is 0. The predicted octanol–water partition coefficient (Wildman–Crippen LogP) is 1.28. The van der Waals surface area contributed by atoms with E-state index in [1.165, 1.54) is 16.6 Å². The van der Waals surface area contributed by atoms with Gasteiger partial charge < -0.3 is 10.2 Å². The van der Waals surface area contributed by atoms with Crippen LogP contribution in [0.15, 0.2) is 21.3 Å². The van der Waals surface area contributed by atoms with Crippen LogP contribution in [0.4, 0.5) is 0 Å². The zero-order valence-corrected chi connectivity index (χ0v) is 8.85. The summed E-state index contributed by atoms with van der Waals surface area (Å²) < 4.78 is 5.23. The fourth-order valence-electron chi connectivity index (χ4n) is 0.825. The molecular formula is C7H8N4OS2. The highest BCUT2D eigenvalue weighted by molar-refractivity contribution is 7.98. The normalized spacial score (nSPS) is 10.6. The smallest absolute Gasteiger partial charge is 0.276 e. The first-order chi connectivity index (χ1) is 6.88. The first-order valence-electron chi connectivity index (χ1n) is 3.91. The number of nitrogens with zero attached hydrogens (tertiary/aromatic N) is 3. The minimum absolute atomic E-state index is 0.286. The molecule has 0 aliphatic heterocycles. The van der Waals surface area contributed by atoms with E-state index in [0.29, 0.717) is 11.1 Å². The van der Waals surface area contributed by atoms with E-state index < -0.39 is 0 Å². The molecule has 14 heavy (non-hydrogen) atoms. The average molecular weight is 228 g/mol. The van der Waals surface area contributed by atoms with Gasteiger partial charge in [-0.3, -0.25) is 4.98 Å². The fraction of sp³-hybridized carbons (Fsp3) is 0.286. The second kappa shape index (κ2) is 4.54. The molecule has 0 saturated heterocycles. The number of aromatic nitrogens is 3. The molecule has 2 aromatic rings. The molecule has 0 aliphatic rings. The number of nitrogens with two attached hydrogens (primary N) is 1. The van der Waals surface area contributed by atoms with Crippen molar-refractivity contribution in [1.29, 1.82) is 0 Å². The van der Waals surface area contributed by atoms with Gasteiger partial charge in [-0.05, 0) is 0 Å². The van der Waals surface area contributed by atoms with Crippen molar-refractivity contribution < 1.29 is 4.42 Å². The highest BCUT2D eigenvalue weighted by Gasteiger charge is 2.05. The molecule has 0 aromatic carbocycles. The third-order valence-electron chi connectivity index (χ3n) is 1.44. The molecule has 0 bridgehead atoms. The molecule has 0 atom stereocenters. The number of thiazole rings is 1. The van der Waals surface area contributed by atoms with Crippen LogP contribution in [0, 0.1) is 0 Å². The Morgan fingerprint density at radius 1 is 1.50 bits per heavy atom. The van der Waals surface area contributed by atoms with Crippen molar-refractivity contribution in [2.75, 3.05) is 0 Å². The van der Waals surface area contributed by atoms with Gasteiger partial charge in [-0.2, -0.15) is 0 Å². The fourth-order valence-corrected chi connectivity index (χ4v) is 2.25. The van der Waals surface area contributed by atoms with Crippen LogP contribution in [0.5, 0.6) is 0 Å². The van der Waals surface area contributed by atoms with Gasteiger partial charge in [0.2, 0.25) is 5.89 Å². The molecule has 74 valence electrons. The molecule has 0 saturated carbocycles. The van der Waals surface area contributed by atoms with Crippen molar-refractivity contribution in [3.8, 4) is 0 Å². The third-order valence-corrected chi connectivity index (χ3v) is 3.27. The monoisotopic (exact) mass is 228 g/mol. The maximum atomic E-state index is 5.34. The predicted molar refractivity (Wildman–Crippen MR) is 53.9 cm³/mol. The van der Waals surface area contributed by atoms with Crippen molar-refractivity contribution in [1.82, 2.24) is 15.2 Å². The van der Waals surface area contributed by atoms with Gasteiger partial charge in [-0.25, -0.2) is 0 Å². The first-order valence-corrected chi connectivity index (χ1v) is 5.77. The van der Waals surface area contributed by atoms with Crippen LogP contribution in [0.1, 0.15) is 10.8 Å². The Morgan fingerprint density at radius 2 is 2.43 bits per heavy atom. The summed E-state index contributed by atoms with van der Waals surface area (Å²) in [6.45, 7) is 0.286. The van der Waals surface area contributed by atoms with E-state index in [2.05, 4.69) is 15.2 Å². The molecule has 2 rings (SSSR count). The lowest BCUT2D eigenvalue weighted by atomic mass is 10.6. The average Bonchev–Trinajstić information content (AvgIpc) is 2.86.